The van der Waals surface area contributed by atoms with Gasteiger partial charge >= 0.3 is 0 Å². The van der Waals surface area contributed by atoms with Crippen LogP contribution in [0.2, 0.25) is 0 Å². The highest BCUT2D eigenvalue weighted by Gasteiger charge is 2.13. The van der Waals surface area contributed by atoms with Gasteiger partial charge in [-0.2, -0.15) is 0 Å². The van der Waals surface area contributed by atoms with Crippen molar-refractivity contribution in [1.82, 2.24) is 20.4 Å². The van der Waals surface area contributed by atoms with Gasteiger partial charge in [0.15, 0.2) is 5.96 Å². The third-order valence-electron chi connectivity index (χ3n) is 5.50. The maximum Gasteiger partial charge on any atom is 0.190 e. The fourth-order valence-corrected chi connectivity index (χ4v) is 3.81. The predicted molar refractivity (Wildman–Crippen MR) is 125 cm³/mol. The Morgan fingerprint density at radius 2 is 1.70 bits per heavy atom. The van der Waals surface area contributed by atoms with Gasteiger partial charge in [0.2, 0.25) is 0 Å². The SMILES string of the molecule is CN=C(NCCCOC1CCCCC1)NCCCN1CCCN(C)CC1.I. The van der Waals surface area contributed by atoms with Gasteiger partial charge in [0.1, 0.15) is 0 Å². The summed E-state index contributed by atoms with van der Waals surface area (Å²) in [6, 6.07) is 0. The molecule has 2 rings (SSSR count). The molecule has 1 saturated carbocycles. The van der Waals surface area contributed by atoms with E-state index in [0.29, 0.717) is 6.10 Å². The molecule has 1 aliphatic carbocycles. The third kappa shape index (κ3) is 11.5. The van der Waals surface area contributed by atoms with E-state index in [9.17, 15) is 0 Å². The fourth-order valence-electron chi connectivity index (χ4n) is 3.81. The van der Waals surface area contributed by atoms with Gasteiger partial charge in [-0.05, 0) is 58.8 Å². The van der Waals surface area contributed by atoms with Crippen LogP contribution in [-0.4, -0.2) is 88.4 Å². The number of nitrogens with zero attached hydrogens (tertiary/aromatic N) is 3. The highest BCUT2D eigenvalue weighted by Crippen LogP contribution is 2.20. The van der Waals surface area contributed by atoms with Crippen molar-refractivity contribution in [3.8, 4) is 0 Å². The maximum atomic E-state index is 5.97. The molecule has 0 unspecified atom stereocenters. The molecule has 0 aromatic heterocycles. The highest BCUT2D eigenvalue weighted by atomic mass is 127. The Kier molecular flexibility index (Phi) is 14.5. The number of hydrogen-bond acceptors (Lipinski definition) is 4. The molecular weight excluding hydrogens is 453 g/mol. The molecule has 1 saturated heterocycles. The molecule has 2 aliphatic rings. The Labute approximate surface area is 183 Å². The van der Waals surface area contributed by atoms with Crippen LogP contribution in [0.3, 0.4) is 0 Å². The summed E-state index contributed by atoms with van der Waals surface area (Å²) in [7, 11) is 4.07. The topological polar surface area (TPSA) is 52.1 Å². The van der Waals surface area contributed by atoms with Gasteiger partial charge in [-0.1, -0.05) is 19.3 Å². The second kappa shape index (κ2) is 15.8. The van der Waals surface area contributed by atoms with Crippen LogP contribution in [0.15, 0.2) is 4.99 Å². The first kappa shape index (κ1) is 24.9. The normalized spacial score (nSPS) is 20.7. The second-order valence-corrected chi connectivity index (χ2v) is 7.76. The molecule has 0 aromatic carbocycles. The molecule has 0 aromatic rings. The van der Waals surface area contributed by atoms with Crippen molar-refractivity contribution in [2.75, 3.05) is 66.5 Å². The van der Waals surface area contributed by atoms with E-state index in [0.717, 1.165) is 38.5 Å². The average Bonchev–Trinajstić information content (AvgIpc) is 2.88. The summed E-state index contributed by atoms with van der Waals surface area (Å²) >= 11 is 0. The summed E-state index contributed by atoms with van der Waals surface area (Å²) in [4.78, 5) is 9.34. The van der Waals surface area contributed by atoms with Crippen molar-refractivity contribution in [3.05, 3.63) is 0 Å². The molecule has 27 heavy (non-hydrogen) atoms. The number of rotatable bonds is 9. The van der Waals surface area contributed by atoms with Gasteiger partial charge in [-0.3, -0.25) is 4.99 Å². The molecule has 7 heteroatoms. The van der Waals surface area contributed by atoms with Crippen LogP contribution < -0.4 is 10.6 Å². The molecule has 2 fully saturated rings. The molecule has 1 heterocycles. The van der Waals surface area contributed by atoms with Crippen molar-refractivity contribution < 1.29 is 4.74 Å². The minimum atomic E-state index is 0. The maximum absolute atomic E-state index is 5.97. The first-order valence-corrected chi connectivity index (χ1v) is 10.7. The number of likely N-dealkylation sites (N-methyl/N-ethyl adjacent to an activating group) is 1. The lowest BCUT2D eigenvalue weighted by molar-refractivity contribution is 0.0277. The molecule has 160 valence electrons. The molecule has 0 radical (unpaired) electrons. The zero-order chi connectivity index (χ0) is 18.5. The summed E-state index contributed by atoms with van der Waals surface area (Å²) in [5, 5.41) is 6.83. The van der Waals surface area contributed by atoms with E-state index < -0.39 is 0 Å². The Morgan fingerprint density at radius 3 is 2.44 bits per heavy atom. The number of aliphatic imine (C=N–C) groups is 1. The van der Waals surface area contributed by atoms with Crippen LogP contribution in [0.5, 0.6) is 0 Å². The molecule has 0 amide bonds. The third-order valence-corrected chi connectivity index (χ3v) is 5.50. The largest absolute Gasteiger partial charge is 0.378 e. The zero-order valence-corrected chi connectivity index (χ0v) is 19.9. The molecule has 0 atom stereocenters. The standard InChI is InChI=1S/C20H41N5O.HI/c1-21-20(23-12-7-18-26-19-9-4-3-5-10-19)22-11-6-14-25-15-8-13-24(2)16-17-25;/h19H,3-18H2,1-2H3,(H2,21,22,23);1H. The molecule has 6 nitrogen and oxygen atoms in total. The second-order valence-electron chi connectivity index (χ2n) is 7.76. The molecule has 2 N–H and O–H groups in total. The summed E-state index contributed by atoms with van der Waals surface area (Å²) in [5.41, 5.74) is 0. The lowest BCUT2D eigenvalue weighted by atomic mass is 9.98. The monoisotopic (exact) mass is 495 g/mol. The van der Waals surface area contributed by atoms with Crippen LogP contribution in [0, 0.1) is 0 Å². The van der Waals surface area contributed by atoms with Gasteiger partial charge < -0.3 is 25.2 Å². The Hall–Kier alpha value is -0.120. The highest BCUT2D eigenvalue weighted by molar-refractivity contribution is 14.0. The van der Waals surface area contributed by atoms with Crippen molar-refractivity contribution in [2.45, 2.75) is 57.5 Å². The van der Waals surface area contributed by atoms with Crippen LogP contribution in [0.25, 0.3) is 0 Å². The van der Waals surface area contributed by atoms with Crippen LogP contribution in [0.4, 0.5) is 0 Å². The first-order chi connectivity index (χ1) is 12.8. The minimum absolute atomic E-state index is 0. The zero-order valence-electron chi connectivity index (χ0n) is 17.5. The van der Waals surface area contributed by atoms with E-state index in [4.69, 9.17) is 4.74 Å². The van der Waals surface area contributed by atoms with Gasteiger partial charge in [0.25, 0.3) is 0 Å². The minimum Gasteiger partial charge on any atom is -0.378 e. The lowest BCUT2D eigenvalue weighted by Crippen LogP contribution is -2.39. The van der Waals surface area contributed by atoms with E-state index in [-0.39, 0.29) is 24.0 Å². The Morgan fingerprint density at radius 1 is 0.963 bits per heavy atom. The average molecular weight is 495 g/mol. The quantitative estimate of drug-likeness (QED) is 0.223. The van der Waals surface area contributed by atoms with Crippen molar-refractivity contribution >= 4 is 29.9 Å². The number of halogens is 1. The Bertz CT molecular complexity index is 391. The molecular formula is C20H42IN5O. The Balaban J connectivity index is 0.00000364. The number of hydrogen-bond donors (Lipinski definition) is 2. The summed E-state index contributed by atoms with van der Waals surface area (Å²) < 4.78 is 5.97. The van der Waals surface area contributed by atoms with Crippen LogP contribution in [-0.2, 0) is 4.74 Å². The van der Waals surface area contributed by atoms with Crippen LogP contribution in [0.1, 0.15) is 51.4 Å². The predicted octanol–water partition coefficient (Wildman–Crippen LogP) is 2.54. The van der Waals surface area contributed by atoms with Crippen molar-refractivity contribution in [1.29, 1.82) is 0 Å². The van der Waals surface area contributed by atoms with Gasteiger partial charge in [-0.25, -0.2) is 0 Å². The van der Waals surface area contributed by atoms with E-state index in [2.05, 4.69) is 32.5 Å². The molecule has 0 bridgehead atoms. The van der Waals surface area contributed by atoms with Crippen molar-refractivity contribution in [3.63, 3.8) is 0 Å². The summed E-state index contributed by atoms with van der Waals surface area (Å²) in [6.07, 6.45) is 10.6. The van der Waals surface area contributed by atoms with E-state index in [1.54, 1.807) is 0 Å². The molecule has 0 spiro atoms. The number of ether oxygens (including phenoxy) is 1. The van der Waals surface area contributed by atoms with E-state index in [1.807, 2.05) is 7.05 Å². The van der Waals surface area contributed by atoms with Gasteiger partial charge in [-0.15, -0.1) is 24.0 Å². The van der Waals surface area contributed by atoms with Gasteiger partial charge in [0.05, 0.1) is 6.10 Å². The van der Waals surface area contributed by atoms with Gasteiger partial charge in [0, 0.05) is 39.8 Å². The van der Waals surface area contributed by atoms with Crippen LogP contribution >= 0.6 is 24.0 Å². The molecule has 1 aliphatic heterocycles. The number of nitrogens with one attached hydrogen (secondary N) is 2. The lowest BCUT2D eigenvalue weighted by Gasteiger charge is -2.22. The summed E-state index contributed by atoms with van der Waals surface area (Å²) in [5.74, 6) is 0.915. The fraction of sp³-hybridized carbons (Fsp3) is 0.950. The smallest absolute Gasteiger partial charge is 0.190 e. The summed E-state index contributed by atoms with van der Waals surface area (Å²) in [6.45, 7) is 8.79. The van der Waals surface area contributed by atoms with Crippen molar-refractivity contribution in [2.24, 2.45) is 4.99 Å². The van der Waals surface area contributed by atoms with E-state index >= 15 is 0 Å². The number of guanidine groups is 1. The first-order valence-electron chi connectivity index (χ1n) is 10.7. The van der Waals surface area contributed by atoms with E-state index in [1.165, 1.54) is 71.2 Å².